The fourth-order valence-electron chi connectivity index (χ4n) is 6.33. The van der Waals surface area contributed by atoms with Crippen LogP contribution in [0.4, 0.5) is 5.69 Å². The summed E-state index contributed by atoms with van der Waals surface area (Å²) in [5.74, 6) is 1.83. The number of fused-ring (bicyclic) bond motifs is 3. The van der Waals surface area contributed by atoms with Crippen molar-refractivity contribution in [3.63, 3.8) is 0 Å². The summed E-state index contributed by atoms with van der Waals surface area (Å²) in [6.45, 7) is 1.47. The van der Waals surface area contributed by atoms with Gasteiger partial charge in [-0.1, -0.05) is 12.1 Å². The van der Waals surface area contributed by atoms with Crippen LogP contribution in [0.1, 0.15) is 34.2 Å². The monoisotopic (exact) mass is 560 g/mol. The van der Waals surface area contributed by atoms with Gasteiger partial charge in [-0.2, -0.15) is 0 Å². The van der Waals surface area contributed by atoms with Crippen LogP contribution >= 0.6 is 0 Å². The smallest absolute Gasteiger partial charge is 0.310 e. The number of benzene rings is 3. The highest BCUT2D eigenvalue weighted by Crippen LogP contribution is 2.56. The third-order valence-corrected chi connectivity index (χ3v) is 8.36. The Labute approximate surface area is 240 Å². The molecule has 2 aliphatic heterocycles. The largest absolute Gasteiger partial charge is 0.493 e. The van der Waals surface area contributed by atoms with Gasteiger partial charge in [-0.05, 0) is 79.2 Å². The van der Waals surface area contributed by atoms with Gasteiger partial charge in [0.2, 0.25) is 12.5 Å². The van der Waals surface area contributed by atoms with Gasteiger partial charge in [-0.25, -0.2) is 0 Å². The molecule has 3 aromatic carbocycles. The van der Waals surface area contributed by atoms with Crippen molar-refractivity contribution in [3.05, 3.63) is 70.8 Å². The molecule has 1 aliphatic carbocycles. The number of methoxy groups -OCH3 is 3. The lowest BCUT2D eigenvalue weighted by Gasteiger charge is -2.40. The topological polar surface area (TPSA) is 87.7 Å². The average Bonchev–Trinajstić information content (AvgIpc) is 3.61. The second-order valence-corrected chi connectivity index (χ2v) is 11.0. The van der Waals surface area contributed by atoms with Gasteiger partial charge in [0.15, 0.2) is 23.0 Å². The first-order valence-electron chi connectivity index (χ1n) is 13.8. The first-order valence-corrected chi connectivity index (χ1v) is 13.8. The van der Waals surface area contributed by atoms with E-state index in [0.29, 0.717) is 35.4 Å². The molecule has 0 spiro atoms. The minimum atomic E-state index is -0.428. The van der Waals surface area contributed by atoms with Gasteiger partial charge in [0.25, 0.3) is 0 Å². The van der Waals surface area contributed by atoms with Crippen molar-refractivity contribution in [3.8, 4) is 28.7 Å². The molecule has 9 heteroatoms. The summed E-state index contributed by atoms with van der Waals surface area (Å²) in [5.41, 5.74) is 5.15. The zero-order valence-corrected chi connectivity index (χ0v) is 24.1. The number of hydrogen-bond acceptors (Lipinski definition) is 9. The Bertz CT molecular complexity index is 1410. The van der Waals surface area contributed by atoms with Gasteiger partial charge in [-0.3, -0.25) is 4.79 Å². The van der Waals surface area contributed by atoms with Crippen molar-refractivity contribution in [1.82, 2.24) is 4.90 Å². The highest BCUT2D eigenvalue weighted by Gasteiger charge is 2.52. The molecular weight excluding hydrogens is 524 g/mol. The molecule has 0 radical (unpaired) electrons. The molecule has 0 unspecified atom stereocenters. The van der Waals surface area contributed by atoms with Gasteiger partial charge < -0.3 is 38.6 Å². The van der Waals surface area contributed by atoms with Gasteiger partial charge >= 0.3 is 5.97 Å². The third kappa shape index (κ3) is 4.88. The van der Waals surface area contributed by atoms with Crippen molar-refractivity contribution in [2.24, 2.45) is 11.8 Å². The summed E-state index contributed by atoms with van der Waals surface area (Å²) in [6, 6.07) is 16.2. The lowest BCUT2D eigenvalue weighted by atomic mass is 9.65. The first kappa shape index (κ1) is 27.1. The van der Waals surface area contributed by atoms with Crippen LogP contribution in [0.3, 0.4) is 0 Å². The van der Waals surface area contributed by atoms with Gasteiger partial charge in [-0.15, -0.1) is 0 Å². The predicted octanol–water partition coefficient (Wildman–Crippen LogP) is 4.63. The van der Waals surface area contributed by atoms with E-state index in [4.69, 9.17) is 28.4 Å². The summed E-state index contributed by atoms with van der Waals surface area (Å²) in [7, 11) is 8.91. The average molecular weight is 561 g/mol. The van der Waals surface area contributed by atoms with Crippen molar-refractivity contribution in [1.29, 1.82) is 0 Å². The minimum absolute atomic E-state index is 0.118. The number of rotatable bonds is 9. The number of nitrogens with zero attached hydrogens (tertiary/aromatic N) is 1. The van der Waals surface area contributed by atoms with Crippen LogP contribution in [0.25, 0.3) is 0 Å². The van der Waals surface area contributed by atoms with Crippen LogP contribution < -0.4 is 29.0 Å². The Morgan fingerprint density at radius 2 is 1.54 bits per heavy atom. The maximum Gasteiger partial charge on any atom is 0.310 e. The summed E-state index contributed by atoms with van der Waals surface area (Å²) in [4.78, 5) is 15.6. The molecule has 0 saturated carbocycles. The van der Waals surface area contributed by atoms with Gasteiger partial charge in [0.05, 0.1) is 39.9 Å². The molecule has 4 atom stereocenters. The van der Waals surface area contributed by atoms with E-state index in [9.17, 15) is 4.79 Å². The molecule has 6 rings (SSSR count). The number of anilines is 1. The van der Waals surface area contributed by atoms with Crippen LogP contribution in [0.5, 0.6) is 28.7 Å². The quantitative estimate of drug-likeness (QED) is 0.376. The number of carbonyl (C=O) groups excluding carboxylic acids is 1. The molecule has 3 aromatic rings. The van der Waals surface area contributed by atoms with E-state index in [1.807, 2.05) is 24.3 Å². The van der Waals surface area contributed by atoms with E-state index in [2.05, 4.69) is 48.6 Å². The second kappa shape index (κ2) is 11.0. The van der Waals surface area contributed by atoms with Crippen molar-refractivity contribution in [2.75, 3.05) is 60.7 Å². The Morgan fingerprint density at radius 3 is 2.15 bits per heavy atom. The standard InChI is InChI=1S/C32H36N2O7/c1-34(2)11-10-18-6-8-20(9-7-18)33-30-22-15-25-24(40-17-41-25)14-21(22)28(29-23(30)16-39-32(29)35)19-12-26(36-3)31(38-5)27(13-19)37-4/h6-9,12-15,23,28-30,33H,10-11,16-17H2,1-5H3/t23-,28+,29-,30+/m0/s1. The van der Waals surface area contributed by atoms with Crippen LogP contribution in [0.15, 0.2) is 48.5 Å². The number of hydrogen-bond donors (Lipinski definition) is 1. The molecule has 0 amide bonds. The van der Waals surface area contributed by atoms with Gasteiger partial charge in [0.1, 0.15) is 0 Å². The SMILES string of the molecule is COc1cc([C@@H]2c3cc4c(cc3[C@@H](Nc3ccc(CCN(C)C)cc3)[C@H]3COC(=O)[C@H]23)OCO4)cc(OC)c1OC. The zero-order chi connectivity index (χ0) is 28.7. The number of carbonyl (C=O) groups is 1. The highest BCUT2D eigenvalue weighted by atomic mass is 16.7. The number of nitrogens with one attached hydrogen (secondary N) is 1. The summed E-state index contributed by atoms with van der Waals surface area (Å²) in [5, 5.41) is 3.74. The highest BCUT2D eigenvalue weighted by molar-refractivity contribution is 5.79. The maximum atomic E-state index is 13.4. The predicted molar refractivity (Wildman–Crippen MR) is 154 cm³/mol. The fourth-order valence-corrected chi connectivity index (χ4v) is 6.33. The molecule has 1 saturated heterocycles. The molecule has 1 fully saturated rings. The minimum Gasteiger partial charge on any atom is -0.493 e. The fraction of sp³-hybridized carbons (Fsp3) is 0.406. The molecule has 41 heavy (non-hydrogen) atoms. The molecule has 0 bridgehead atoms. The van der Waals surface area contributed by atoms with Crippen LogP contribution in [-0.4, -0.2) is 66.2 Å². The lowest BCUT2D eigenvalue weighted by molar-refractivity contribution is -0.141. The first-order chi connectivity index (χ1) is 19.9. The Morgan fingerprint density at radius 1 is 0.878 bits per heavy atom. The molecule has 2 heterocycles. The van der Waals surface area contributed by atoms with E-state index in [1.54, 1.807) is 21.3 Å². The van der Waals surface area contributed by atoms with E-state index in [0.717, 1.165) is 35.3 Å². The van der Waals surface area contributed by atoms with Crippen molar-refractivity contribution < 1.29 is 33.2 Å². The van der Waals surface area contributed by atoms with Crippen molar-refractivity contribution in [2.45, 2.75) is 18.4 Å². The number of likely N-dealkylation sites (N-methyl/N-ethyl adjacent to an activating group) is 1. The summed E-state index contributed by atoms with van der Waals surface area (Å²) < 4.78 is 34.2. The van der Waals surface area contributed by atoms with Crippen LogP contribution in [0, 0.1) is 11.8 Å². The Kier molecular flexibility index (Phi) is 7.30. The second-order valence-electron chi connectivity index (χ2n) is 11.0. The number of ether oxygens (including phenoxy) is 6. The molecule has 0 aromatic heterocycles. The molecule has 216 valence electrons. The van der Waals surface area contributed by atoms with Crippen molar-refractivity contribution >= 4 is 11.7 Å². The van der Waals surface area contributed by atoms with Crippen LogP contribution in [-0.2, 0) is 16.0 Å². The molecular formula is C32H36N2O7. The zero-order valence-electron chi connectivity index (χ0n) is 24.1. The van der Waals surface area contributed by atoms with E-state index < -0.39 is 5.92 Å². The van der Waals surface area contributed by atoms with E-state index in [-0.39, 0.29) is 30.6 Å². The summed E-state index contributed by atoms with van der Waals surface area (Å²) >= 11 is 0. The van der Waals surface area contributed by atoms with Gasteiger partial charge in [0, 0.05) is 24.1 Å². The Hall–Kier alpha value is -4.11. The maximum absolute atomic E-state index is 13.4. The van der Waals surface area contributed by atoms with E-state index in [1.165, 1.54) is 5.56 Å². The van der Waals surface area contributed by atoms with Crippen LogP contribution in [0.2, 0.25) is 0 Å². The van der Waals surface area contributed by atoms with E-state index >= 15 is 0 Å². The summed E-state index contributed by atoms with van der Waals surface area (Å²) in [6.07, 6.45) is 0.979. The number of cyclic esters (lactones) is 1. The third-order valence-electron chi connectivity index (χ3n) is 8.36. The number of esters is 1. The molecule has 1 N–H and O–H groups in total. The normalized spacial score (nSPS) is 22.1. The molecule has 9 nitrogen and oxygen atoms in total. The lowest BCUT2D eigenvalue weighted by Crippen LogP contribution is -2.37. The molecule has 3 aliphatic rings. The Balaban J connectivity index is 1.45.